The van der Waals surface area contributed by atoms with E-state index < -0.39 is 30.6 Å². The lowest BCUT2D eigenvalue weighted by atomic mass is 10.0. The molecule has 1 atom stereocenters. The molecule has 2 aromatic carbocycles. The first-order valence-corrected chi connectivity index (χ1v) is 12.0. The number of carbonyl (C=O) groups excluding carboxylic acids is 3. The molecule has 0 fully saturated rings. The highest BCUT2D eigenvalue weighted by molar-refractivity contribution is 6.31. The molecule has 4 rings (SSSR count). The number of nitrogens with one attached hydrogen (secondary N) is 2. The van der Waals surface area contributed by atoms with E-state index >= 15 is 0 Å². The number of hydrogen-bond acceptors (Lipinski definition) is 8. The van der Waals surface area contributed by atoms with Crippen LogP contribution >= 0.6 is 11.6 Å². The molecule has 11 heteroatoms. The highest BCUT2D eigenvalue weighted by Gasteiger charge is 2.35. The van der Waals surface area contributed by atoms with E-state index in [0.29, 0.717) is 22.3 Å². The maximum Gasteiger partial charge on any atom is 0.338 e. The van der Waals surface area contributed by atoms with Gasteiger partial charge in [-0.2, -0.15) is 0 Å². The Kier molecular flexibility index (Phi) is 8.55. The molecular weight excluding hydrogens is 516 g/mol. The van der Waals surface area contributed by atoms with Crippen LogP contribution in [-0.4, -0.2) is 38.3 Å². The summed E-state index contributed by atoms with van der Waals surface area (Å²) in [6.07, 6.45) is 1.42. The molecule has 1 aliphatic rings. The Balaban J connectivity index is 1.51. The van der Waals surface area contributed by atoms with Crippen LogP contribution in [0.5, 0.6) is 11.5 Å². The van der Waals surface area contributed by atoms with Crippen molar-refractivity contribution in [1.82, 2.24) is 10.6 Å². The molecule has 38 heavy (non-hydrogen) atoms. The number of carbonyl (C=O) groups is 3. The number of ether oxygens (including phenoxy) is 4. The average molecular weight is 541 g/mol. The molecule has 10 nitrogen and oxygen atoms in total. The van der Waals surface area contributed by atoms with Crippen molar-refractivity contribution in [3.8, 4) is 11.5 Å². The van der Waals surface area contributed by atoms with Crippen molar-refractivity contribution in [2.45, 2.75) is 19.6 Å². The van der Waals surface area contributed by atoms with Crippen LogP contribution in [0.2, 0.25) is 5.02 Å². The monoisotopic (exact) mass is 540 g/mol. The molecule has 0 saturated carbocycles. The summed E-state index contributed by atoms with van der Waals surface area (Å²) >= 11 is 6.18. The van der Waals surface area contributed by atoms with E-state index in [1.807, 2.05) is 18.2 Å². The Morgan fingerprint density at radius 2 is 1.82 bits per heavy atom. The summed E-state index contributed by atoms with van der Waals surface area (Å²) in [5.74, 6) is -0.355. The Labute approximate surface area is 223 Å². The molecule has 1 aromatic heterocycles. The lowest BCUT2D eigenvalue weighted by Crippen LogP contribution is -2.47. The largest absolute Gasteiger partial charge is 0.493 e. The molecule has 2 N–H and O–H groups in total. The fraction of sp³-hybridized carbons (Fsp3) is 0.222. The van der Waals surface area contributed by atoms with E-state index in [1.165, 1.54) is 25.5 Å². The van der Waals surface area contributed by atoms with Gasteiger partial charge >= 0.3 is 18.0 Å². The molecule has 2 heterocycles. The van der Waals surface area contributed by atoms with Gasteiger partial charge in [0.1, 0.15) is 25.0 Å². The first kappa shape index (κ1) is 26.6. The van der Waals surface area contributed by atoms with E-state index in [2.05, 4.69) is 10.6 Å². The lowest BCUT2D eigenvalue weighted by Gasteiger charge is -2.27. The minimum absolute atomic E-state index is 0.0649. The van der Waals surface area contributed by atoms with Crippen LogP contribution in [0.1, 0.15) is 34.6 Å². The third-order valence-corrected chi connectivity index (χ3v) is 5.93. The van der Waals surface area contributed by atoms with Crippen LogP contribution in [-0.2, 0) is 20.9 Å². The summed E-state index contributed by atoms with van der Waals surface area (Å²) in [7, 11) is 1.45. The maximum absolute atomic E-state index is 12.9. The average Bonchev–Trinajstić information content (AvgIpc) is 3.46. The van der Waals surface area contributed by atoms with E-state index in [0.717, 1.165) is 5.56 Å². The van der Waals surface area contributed by atoms with Gasteiger partial charge in [0.15, 0.2) is 11.5 Å². The number of halogens is 1. The number of hydrogen-bond donors (Lipinski definition) is 2. The van der Waals surface area contributed by atoms with Crippen LogP contribution in [0.25, 0.3) is 0 Å². The van der Waals surface area contributed by atoms with Crippen molar-refractivity contribution < 1.29 is 37.7 Å². The molecule has 1 aliphatic heterocycles. The molecule has 3 aromatic rings. The number of urea groups is 1. The van der Waals surface area contributed by atoms with Gasteiger partial charge in [-0.25, -0.2) is 14.4 Å². The van der Waals surface area contributed by atoms with Crippen LogP contribution in [0, 0.1) is 0 Å². The van der Waals surface area contributed by atoms with Gasteiger partial charge in [0.05, 0.1) is 36.8 Å². The molecule has 0 aliphatic carbocycles. The van der Waals surface area contributed by atoms with Crippen molar-refractivity contribution >= 4 is 29.6 Å². The van der Waals surface area contributed by atoms with Crippen LogP contribution in [0.15, 0.2) is 76.5 Å². The number of rotatable bonds is 10. The maximum atomic E-state index is 12.9. The van der Waals surface area contributed by atoms with Crippen LogP contribution in [0.4, 0.5) is 4.79 Å². The van der Waals surface area contributed by atoms with Crippen molar-refractivity contribution in [2.75, 3.05) is 20.3 Å². The molecular formula is C27H25ClN2O8. The van der Waals surface area contributed by atoms with Gasteiger partial charge in [0.2, 0.25) is 0 Å². The third-order valence-electron chi connectivity index (χ3n) is 5.56. The molecule has 2 amide bonds. The summed E-state index contributed by atoms with van der Waals surface area (Å²) < 4.78 is 27.2. The first-order valence-electron chi connectivity index (χ1n) is 11.6. The summed E-state index contributed by atoms with van der Waals surface area (Å²) in [6, 6.07) is 13.6. The highest BCUT2D eigenvalue weighted by Crippen LogP contribution is 2.31. The third kappa shape index (κ3) is 6.09. The van der Waals surface area contributed by atoms with Crippen molar-refractivity contribution in [2.24, 2.45) is 0 Å². The molecule has 0 bridgehead atoms. The second kappa shape index (κ2) is 12.2. The minimum atomic E-state index is -0.916. The molecule has 0 radical (unpaired) electrons. The SMILES string of the molecule is CCOC(=O)C1=C(COC(=O)c2ccc(OCc3ccccc3Cl)c(OC)c2)NC(=O)NC1c1ccco1. The smallest absolute Gasteiger partial charge is 0.338 e. The fourth-order valence-corrected chi connectivity index (χ4v) is 3.95. The van der Waals surface area contributed by atoms with Gasteiger partial charge in [-0.05, 0) is 43.3 Å². The van der Waals surface area contributed by atoms with Gasteiger partial charge in [-0.3, -0.25) is 0 Å². The number of amides is 2. The van der Waals surface area contributed by atoms with Gasteiger partial charge < -0.3 is 34.0 Å². The van der Waals surface area contributed by atoms with Gasteiger partial charge in [0.25, 0.3) is 0 Å². The predicted molar refractivity (Wildman–Crippen MR) is 136 cm³/mol. The van der Waals surface area contributed by atoms with Gasteiger partial charge in [0, 0.05) is 10.6 Å². The Bertz CT molecular complexity index is 1350. The summed E-state index contributed by atoms with van der Waals surface area (Å²) in [5.41, 5.74) is 1.11. The highest BCUT2D eigenvalue weighted by atomic mass is 35.5. The Morgan fingerprint density at radius 3 is 2.53 bits per heavy atom. The molecule has 198 valence electrons. The van der Waals surface area contributed by atoms with Gasteiger partial charge in [-0.1, -0.05) is 29.8 Å². The zero-order valence-electron chi connectivity index (χ0n) is 20.6. The number of benzene rings is 2. The molecule has 0 saturated heterocycles. The predicted octanol–water partition coefficient (Wildman–Crippen LogP) is 4.55. The van der Waals surface area contributed by atoms with Gasteiger partial charge in [-0.15, -0.1) is 0 Å². The van der Waals surface area contributed by atoms with E-state index in [-0.39, 0.29) is 30.0 Å². The Hall–Kier alpha value is -4.44. The number of furan rings is 1. The first-order chi connectivity index (χ1) is 18.4. The Morgan fingerprint density at radius 1 is 1.00 bits per heavy atom. The van der Waals surface area contributed by atoms with Crippen LogP contribution < -0.4 is 20.1 Å². The normalized spacial score (nSPS) is 14.8. The van der Waals surface area contributed by atoms with E-state index in [1.54, 1.807) is 31.2 Å². The topological polar surface area (TPSA) is 125 Å². The quantitative estimate of drug-likeness (QED) is 0.359. The van der Waals surface area contributed by atoms with Crippen molar-refractivity contribution in [3.05, 3.63) is 94.0 Å². The summed E-state index contributed by atoms with van der Waals surface area (Å²) in [5, 5.41) is 5.72. The molecule has 1 unspecified atom stereocenters. The zero-order chi connectivity index (χ0) is 27.1. The number of methoxy groups -OCH3 is 1. The minimum Gasteiger partial charge on any atom is -0.493 e. The summed E-state index contributed by atoms with van der Waals surface area (Å²) in [4.78, 5) is 37.9. The van der Waals surface area contributed by atoms with Crippen molar-refractivity contribution in [3.63, 3.8) is 0 Å². The van der Waals surface area contributed by atoms with Crippen molar-refractivity contribution in [1.29, 1.82) is 0 Å². The lowest BCUT2D eigenvalue weighted by molar-refractivity contribution is -0.139. The zero-order valence-corrected chi connectivity index (χ0v) is 21.4. The van der Waals surface area contributed by atoms with E-state index in [9.17, 15) is 14.4 Å². The summed E-state index contributed by atoms with van der Waals surface area (Å²) in [6.45, 7) is 1.57. The second-order valence-corrected chi connectivity index (χ2v) is 8.39. The second-order valence-electron chi connectivity index (χ2n) is 7.98. The van der Waals surface area contributed by atoms with E-state index in [4.69, 9.17) is 35.0 Å². The number of esters is 2. The standard InChI is InChI=1S/C27H25ClN2O8/c1-3-35-26(32)23-19(29-27(33)30-24(23)21-9-6-12-36-21)15-38-25(31)16-10-11-20(22(13-16)34-2)37-14-17-7-4-5-8-18(17)28/h4-13,24H,3,14-15H2,1-2H3,(H2,29,30,33). The molecule has 0 spiro atoms. The fourth-order valence-electron chi connectivity index (χ4n) is 3.76. The van der Waals surface area contributed by atoms with Crippen LogP contribution in [0.3, 0.4) is 0 Å².